The number of carboxylic acid groups (broad SMARTS) is 1. The Morgan fingerprint density at radius 1 is 1.67 bits per heavy atom. The van der Waals surface area contributed by atoms with Crippen LogP contribution in [0.15, 0.2) is 17.2 Å². The van der Waals surface area contributed by atoms with E-state index in [4.69, 9.17) is 9.84 Å². The van der Waals surface area contributed by atoms with Crippen molar-refractivity contribution in [1.29, 1.82) is 0 Å². The van der Waals surface area contributed by atoms with Crippen molar-refractivity contribution < 1.29 is 14.6 Å². The molecule has 0 aromatic carbocycles. The third kappa shape index (κ3) is 3.56. The molecule has 0 bridgehead atoms. The number of nitrogens with zero attached hydrogens (tertiary/aromatic N) is 2. The fourth-order valence-corrected chi connectivity index (χ4v) is 1.47. The Balaban J connectivity index is 2.92. The minimum atomic E-state index is -1.09. The second-order valence-electron chi connectivity index (χ2n) is 3.76. The van der Waals surface area contributed by atoms with Crippen LogP contribution < -0.4 is 10.9 Å². The van der Waals surface area contributed by atoms with Gasteiger partial charge in [0.15, 0.2) is 5.82 Å². The maximum absolute atomic E-state index is 11.9. The molecule has 7 nitrogen and oxygen atoms in total. The lowest BCUT2D eigenvalue weighted by Gasteiger charge is -2.14. The Bertz CT molecular complexity index is 458. The highest BCUT2D eigenvalue weighted by Gasteiger charge is 2.19. The smallest absolute Gasteiger partial charge is 0.328 e. The zero-order valence-corrected chi connectivity index (χ0v) is 10.4. The Morgan fingerprint density at radius 3 is 2.94 bits per heavy atom. The topological polar surface area (TPSA) is 93.4 Å². The van der Waals surface area contributed by atoms with E-state index in [1.807, 2.05) is 6.92 Å². The van der Waals surface area contributed by atoms with Gasteiger partial charge in [-0.2, -0.15) is 0 Å². The van der Waals surface area contributed by atoms with Crippen LogP contribution in [0.5, 0.6) is 0 Å². The van der Waals surface area contributed by atoms with Crippen molar-refractivity contribution in [3.63, 3.8) is 0 Å². The van der Waals surface area contributed by atoms with Gasteiger partial charge in [0.05, 0.1) is 6.61 Å². The molecule has 100 valence electrons. The summed E-state index contributed by atoms with van der Waals surface area (Å²) in [5.41, 5.74) is -0.332. The largest absolute Gasteiger partial charge is 0.480 e. The number of carboxylic acids is 1. The molecular weight excluding hydrogens is 238 g/mol. The molecule has 0 radical (unpaired) electrons. The zero-order valence-electron chi connectivity index (χ0n) is 10.4. The van der Waals surface area contributed by atoms with Crippen molar-refractivity contribution in [2.75, 3.05) is 19.0 Å². The molecule has 1 heterocycles. The standard InChI is InChI=1S/C11H17N3O4/c1-3-5-14-6-4-12-9(10(14)15)13-8(7-18-2)11(16)17/h4,6,8H,3,5,7H2,1-2H3,(H,12,13)(H,16,17). The second-order valence-corrected chi connectivity index (χ2v) is 3.76. The van der Waals surface area contributed by atoms with E-state index in [1.165, 1.54) is 17.9 Å². The number of ether oxygens (including phenoxy) is 1. The lowest BCUT2D eigenvalue weighted by Crippen LogP contribution is -2.37. The van der Waals surface area contributed by atoms with E-state index in [0.717, 1.165) is 6.42 Å². The molecule has 2 N–H and O–H groups in total. The average molecular weight is 255 g/mol. The molecule has 1 atom stereocenters. The highest BCUT2D eigenvalue weighted by atomic mass is 16.5. The first-order valence-corrected chi connectivity index (χ1v) is 5.63. The first kappa shape index (κ1) is 14.2. The molecule has 7 heteroatoms. The van der Waals surface area contributed by atoms with E-state index >= 15 is 0 Å². The molecule has 0 fully saturated rings. The molecule has 0 saturated carbocycles. The minimum absolute atomic E-state index is 0.0235. The summed E-state index contributed by atoms with van der Waals surface area (Å²) in [6.45, 7) is 2.47. The van der Waals surface area contributed by atoms with E-state index in [2.05, 4.69) is 10.3 Å². The van der Waals surface area contributed by atoms with Gasteiger partial charge in [-0.15, -0.1) is 0 Å². The number of nitrogens with one attached hydrogen (secondary N) is 1. The number of hydrogen-bond acceptors (Lipinski definition) is 5. The predicted octanol–water partition coefficient (Wildman–Crippen LogP) is 0.165. The Kier molecular flexibility index (Phi) is 5.31. The first-order chi connectivity index (χ1) is 8.60. The zero-order chi connectivity index (χ0) is 13.5. The van der Waals surface area contributed by atoms with Gasteiger partial charge in [-0.1, -0.05) is 6.92 Å². The highest BCUT2D eigenvalue weighted by Crippen LogP contribution is 1.99. The molecular formula is C11H17N3O4. The van der Waals surface area contributed by atoms with Gasteiger partial charge in [0.2, 0.25) is 0 Å². The van der Waals surface area contributed by atoms with Crippen molar-refractivity contribution in [2.45, 2.75) is 25.9 Å². The van der Waals surface area contributed by atoms with Crippen LogP contribution in [-0.4, -0.2) is 40.4 Å². The fraction of sp³-hybridized carbons (Fsp3) is 0.545. The maximum Gasteiger partial charge on any atom is 0.328 e. The number of aliphatic carboxylic acids is 1. The Hall–Kier alpha value is -1.89. The summed E-state index contributed by atoms with van der Waals surface area (Å²) in [6.07, 6.45) is 3.85. The SMILES string of the molecule is CCCn1ccnc(NC(COC)C(=O)O)c1=O. The van der Waals surface area contributed by atoms with Gasteiger partial charge >= 0.3 is 5.97 Å². The monoisotopic (exact) mass is 255 g/mol. The van der Waals surface area contributed by atoms with Gasteiger partial charge in [0.1, 0.15) is 6.04 Å². The number of aryl methyl sites for hydroxylation is 1. The molecule has 0 aliphatic heterocycles. The lowest BCUT2D eigenvalue weighted by molar-refractivity contribution is -0.139. The first-order valence-electron chi connectivity index (χ1n) is 5.63. The number of hydrogen-bond donors (Lipinski definition) is 2. The Labute approximate surface area is 104 Å². The second kappa shape index (κ2) is 6.75. The van der Waals surface area contributed by atoms with E-state index < -0.39 is 12.0 Å². The summed E-state index contributed by atoms with van der Waals surface area (Å²) >= 11 is 0. The minimum Gasteiger partial charge on any atom is -0.480 e. The van der Waals surface area contributed by atoms with Crippen molar-refractivity contribution in [3.05, 3.63) is 22.7 Å². The summed E-state index contributed by atoms with van der Waals surface area (Å²) in [6, 6.07) is -0.993. The summed E-state index contributed by atoms with van der Waals surface area (Å²) < 4.78 is 6.26. The molecule has 0 amide bonds. The molecule has 18 heavy (non-hydrogen) atoms. The van der Waals surface area contributed by atoms with Crippen molar-refractivity contribution in [3.8, 4) is 0 Å². The van der Waals surface area contributed by atoms with E-state index in [0.29, 0.717) is 6.54 Å². The molecule has 1 unspecified atom stereocenters. The van der Waals surface area contributed by atoms with Gasteiger partial charge in [-0.25, -0.2) is 9.78 Å². The third-order valence-electron chi connectivity index (χ3n) is 2.32. The number of carbonyl (C=O) groups is 1. The van der Waals surface area contributed by atoms with Crippen LogP contribution in [-0.2, 0) is 16.1 Å². The number of aromatic nitrogens is 2. The van der Waals surface area contributed by atoms with Crippen LogP contribution in [0.1, 0.15) is 13.3 Å². The van der Waals surface area contributed by atoms with E-state index in [1.54, 1.807) is 6.20 Å². The van der Waals surface area contributed by atoms with Crippen LogP contribution in [0.3, 0.4) is 0 Å². The Morgan fingerprint density at radius 2 is 2.39 bits per heavy atom. The molecule has 0 spiro atoms. The summed E-state index contributed by atoms with van der Waals surface area (Å²) in [5.74, 6) is -1.07. The van der Waals surface area contributed by atoms with Crippen molar-refractivity contribution in [2.24, 2.45) is 0 Å². The average Bonchev–Trinajstić information content (AvgIpc) is 2.33. The quantitative estimate of drug-likeness (QED) is 0.721. The lowest BCUT2D eigenvalue weighted by atomic mass is 10.3. The van der Waals surface area contributed by atoms with Crippen molar-refractivity contribution in [1.82, 2.24) is 9.55 Å². The number of rotatable bonds is 7. The summed E-state index contributed by atoms with van der Waals surface area (Å²) in [7, 11) is 1.39. The van der Waals surface area contributed by atoms with Gasteiger partial charge in [0, 0.05) is 26.0 Å². The van der Waals surface area contributed by atoms with Gasteiger partial charge in [-0.05, 0) is 6.42 Å². The van der Waals surface area contributed by atoms with E-state index in [-0.39, 0.29) is 18.0 Å². The molecule has 0 aliphatic carbocycles. The van der Waals surface area contributed by atoms with Crippen LogP contribution >= 0.6 is 0 Å². The van der Waals surface area contributed by atoms with E-state index in [9.17, 15) is 9.59 Å². The van der Waals surface area contributed by atoms with Crippen molar-refractivity contribution >= 4 is 11.8 Å². The molecule has 1 aromatic rings. The van der Waals surface area contributed by atoms with Crippen LogP contribution in [0.4, 0.5) is 5.82 Å². The third-order valence-corrected chi connectivity index (χ3v) is 2.32. The molecule has 1 aromatic heterocycles. The van der Waals surface area contributed by atoms with Gasteiger partial charge in [-0.3, -0.25) is 4.79 Å². The normalized spacial score (nSPS) is 12.1. The summed E-state index contributed by atoms with van der Waals surface area (Å²) in [4.78, 5) is 26.7. The summed E-state index contributed by atoms with van der Waals surface area (Å²) in [5, 5.41) is 11.5. The molecule has 0 saturated heterocycles. The molecule has 1 rings (SSSR count). The molecule has 0 aliphatic rings. The fourth-order valence-electron chi connectivity index (χ4n) is 1.47. The predicted molar refractivity (Wildman–Crippen MR) is 65.7 cm³/mol. The van der Waals surface area contributed by atoms with Crippen LogP contribution in [0.25, 0.3) is 0 Å². The number of anilines is 1. The van der Waals surface area contributed by atoms with Gasteiger partial charge in [0.25, 0.3) is 5.56 Å². The maximum atomic E-state index is 11.9. The van der Waals surface area contributed by atoms with Gasteiger partial charge < -0.3 is 19.7 Å². The van der Waals surface area contributed by atoms with Crippen LogP contribution in [0, 0.1) is 0 Å². The van der Waals surface area contributed by atoms with Crippen LogP contribution in [0.2, 0.25) is 0 Å². The highest BCUT2D eigenvalue weighted by molar-refractivity contribution is 5.76. The number of methoxy groups -OCH3 is 1.